The van der Waals surface area contributed by atoms with Crippen molar-refractivity contribution in [1.82, 2.24) is 9.80 Å². The molecule has 1 amide bonds. The van der Waals surface area contributed by atoms with E-state index < -0.39 is 0 Å². The molecule has 0 spiro atoms. The lowest BCUT2D eigenvalue weighted by molar-refractivity contribution is -0.617. The maximum atomic E-state index is 13.1. The maximum absolute atomic E-state index is 13.1. The Morgan fingerprint density at radius 2 is 1.74 bits per heavy atom. The van der Waals surface area contributed by atoms with Gasteiger partial charge in [0.2, 0.25) is 11.6 Å². The Bertz CT molecular complexity index is 1230. The van der Waals surface area contributed by atoms with E-state index in [4.69, 9.17) is 11.6 Å². The van der Waals surface area contributed by atoms with Gasteiger partial charge in [-0.3, -0.25) is 9.69 Å². The highest BCUT2D eigenvalue weighted by Gasteiger charge is 2.37. The van der Waals surface area contributed by atoms with Gasteiger partial charge in [0.1, 0.15) is 6.04 Å². The smallest absolute Gasteiger partial charge is 0.227 e. The Morgan fingerprint density at radius 1 is 1.03 bits per heavy atom. The summed E-state index contributed by atoms with van der Waals surface area (Å²) in [7, 11) is 0. The zero-order chi connectivity index (χ0) is 23.8. The molecule has 1 fully saturated rings. The molecule has 5 rings (SSSR count). The summed E-state index contributed by atoms with van der Waals surface area (Å²) in [5.41, 5.74) is 4.85. The van der Waals surface area contributed by atoms with Gasteiger partial charge in [0, 0.05) is 48.9 Å². The second-order valence-corrected chi connectivity index (χ2v) is 10.2. The van der Waals surface area contributed by atoms with Crippen LogP contribution >= 0.6 is 27.5 Å². The van der Waals surface area contributed by atoms with E-state index in [0.717, 1.165) is 50.0 Å². The van der Waals surface area contributed by atoms with Crippen LogP contribution < -0.4 is 9.46 Å². The lowest BCUT2D eigenvalue weighted by Crippen LogP contribution is -2.52. The van der Waals surface area contributed by atoms with Crippen molar-refractivity contribution in [3.8, 4) is 0 Å². The highest BCUT2D eigenvalue weighted by molar-refractivity contribution is 9.10. The maximum Gasteiger partial charge on any atom is 0.227 e. The van der Waals surface area contributed by atoms with Gasteiger partial charge < -0.3 is 15.3 Å². The van der Waals surface area contributed by atoms with Crippen molar-refractivity contribution in [3.63, 3.8) is 0 Å². The number of aryl methyl sites for hydroxylation is 2. The predicted octanol–water partition coefficient (Wildman–Crippen LogP) is 2.94. The molecule has 176 valence electrons. The molecule has 2 aromatic heterocycles. The number of amides is 1. The third kappa shape index (κ3) is 4.62. The number of aromatic nitrogens is 2. The number of halogens is 2. The minimum Gasteiger partial charge on any atom is -0.619 e. The molecule has 34 heavy (non-hydrogen) atoms. The molecule has 1 atom stereocenters. The SMILES string of the molecule is O=C(Cc1cc[n+]([O-])cc1)N1CCN(C2c3ccc(Cl)cc3CCc3cc(Br)c[n+]([O-])c32)CC1. The zero-order valence-electron chi connectivity index (χ0n) is 18.5. The molecule has 3 aromatic rings. The van der Waals surface area contributed by atoms with Crippen molar-refractivity contribution in [2.75, 3.05) is 26.2 Å². The van der Waals surface area contributed by atoms with Crippen LogP contribution in [-0.4, -0.2) is 41.9 Å². The molecule has 3 heterocycles. The number of hydrogen-bond donors (Lipinski definition) is 0. The Balaban J connectivity index is 1.40. The van der Waals surface area contributed by atoms with Crippen molar-refractivity contribution in [1.29, 1.82) is 0 Å². The van der Waals surface area contributed by atoms with E-state index in [1.807, 2.05) is 29.2 Å². The van der Waals surface area contributed by atoms with Crippen LogP contribution in [0, 0.1) is 10.4 Å². The highest BCUT2D eigenvalue weighted by atomic mass is 79.9. The number of rotatable bonds is 3. The van der Waals surface area contributed by atoms with Gasteiger partial charge in [-0.1, -0.05) is 17.7 Å². The summed E-state index contributed by atoms with van der Waals surface area (Å²) in [6.45, 7) is 2.47. The Labute approximate surface area is 211 Å². The van der Waals surface area contributed by atoms with E-state index in [-0.39, 0.29) is 18.4 Å². The molecule has 7 nitrogen and oxygen atoms in total. The second-order valence-electron chi connectivity index (χ2n) is 8.80. The van der Waals surface area contributed by atoms with Gasteiger partial charge >= 0.3 is 0 Å². The van der Waals surface area contributed by atoms with Crippen LogP contribution in [0.25, 0.3) is 0 Å². The molecule has 0 saturated carbocycles. The molecule has 0 radical (unpaired) electrons. The van der Waals surface area contributed by atoms with E-state index in [1.54, 1.807) is 18.3 Å². The summed E-state index contributed by atoms with van der Waals surface area (Å²) in [5, 5.41) is 25.0. The summed E-state index contributed by atoms with van der Waals surface area (Å²) in [5.74, 6) is 0.0413. The molecule has 1 aliphatic carbocycles. The number of nitrogens with zero attached hydrogens (tertiary/aromatic N) is 4. The highest BCUT2D eigenvalue weighted by Crippen LogP contribution is 2.37. The monoisotopic (exact) mass is 542 g/mol. The number of benzene rings is 1. The number of piperazine rings is 1. The number of hydrogen-bond acceptors (Lipinski definition) is 4. The first-order valence-electron chi connectivity index (χ1n) is 11.3. The van der Waals surface area contributed by atoms with Crippen LogP contribution in [0.1, 0.15) is 34.0 Å². The molecule has 1 aliphatic heterocycles. The molecule has 2 aliphatic rings. The van der Waals surface area contributed by atoms with Gasteiger partial charge in [0.05, 0.1) is 10.9 Å². The minimum absolute atomic E-state index is 0.0413. The Morgan fingerprint density at radius 3 is 2.47 bits per heavy atom. The van der Waals surface area contributed by atoms with Crippen LogP contribution in [0.4, 0.5) is 0 Å². The number of carbonyl (C=O) groups is 1. The second kappa shape index (κ2) is 9.52. The third-order valence-electron chi connectivity index (χ3n) is 6.70. The van der Waals surface area contributed by atoms with Crippen molar-refractivity contribution < 1.29 is 14.3 Å². The molecule has 1 unspecified atom stereocenters. The predicted molar refractivity (Wildman–Crippen MR) is 131 cm³/mol. The first-order chi connectivity index (χ1) is 16.4. The summed E-state index contributed by atoms with van der Waals surface area (Å²) in [6.07, 6.45) is 6.23. The third-order valence-corrected chi connectivity index (χ3v) is 7.37. The van der Waals surface area contributed by atoms with E-state index in [9.17, 15) is 15.2 Å². The summed E-state index contributed by atoms with van der Waals surface area (Å²) < 4.78 is 2.47. The van der Waals surface area contributed by atoms with E-state index >= 15 is 0 Å². The van der Waals surface area contributed by atoms with Crippen molar-refractivity contribution in [2.45, 2.75) is 25.3 Å². The average Bonchev–Trinajstić information content (AvgIpc) is 2.97. The summed E-state index contributed by atoms with van der Waals surface area (Å²) >= 11 is 9.78. The lowest BCUT2D eigenvalue weighted by Gasteiger charge is -2.39. The fourth-order valence-corrected chi connectivity index (χ4v) is 5.68. The van der Waals surface area contributed by atoms with E-state index in [2.05, 4.69) is 20.8 Å². The van der Waals surface area contributed by atoms with Gasteiger partial charge in [-0.25, -0.2) is 0 Å². The molecule has 1 aromatic carbocycles. The fourth-order valence-electron chi connectivity index (χ4n) is 5.02. The van der Waals surface area contributed by atoms with Crippen LogP contribution in [0.5, 0.6) is 0 Å². The van der Waals surface area contributed by atoms with Gasteiger partial charge in [-0.15, -0.1) is 0 Å². The fraction of sp³-hybridized carbons (Fsp3) is 0.320. The molecule has 9 heteroatoms. The standard InChI is InChI=1S/C25H24BrClN4O3/c26-20-14-19-2-1-18-15-21(27)3-4-22(18)25(24(19)31(34)16-20)29-11-9-28(10-12-29)23(32)13-17-5-7-30(33)8-6-17/h3-8,14-16,25H,1-2,9-13H2. The van der Waals surface area contributed by atoms with Gasteiger partial charge in [0.25, 0.3) is 0 Å². The number of pyridine rings is 2. The Kier molecular flexibility index (Phi) is 6.46. The summed E-state index contributed by atoms with van der Waals surface area (Å²) in [4.78, 5) is 17.0. The molecule has 1 saturated heterocycles. The van der Waals surface area contributed by atoms with Crippen molar-refractivity contribution >= 4 is 33.4 Å². The quantitative estimate of drug-likeness (QED) is 0.376. The average molecular weight is 544 g/mol. The van der Waals surface area contributed by atoms with Crippen LogP contribution in [0.3, 0.4) is 0 Å². The first-order valence-corrected chi connectivity index (χ1v) is 12.5. The van der Waals surface area contributed by atoms with Gasteiger partial charge in [-0.2, -0.15) is 9.46 Å². The molecular weight excluding hydrogens is 520 g/mol. The summed E-state index contributed by atoms with van der Waals surface area (Å²) in [6, 6.07) is 11.1. The molecular formula is C25H24BrClN4O3. The van der Waals surface area contributed by atoms with E-state index in [0.29, 0.717) is 35.9 Å². The topological polar surface area (TPSA) is 77.4 Å². The number of carbonyl (C=O) groups excluding carboxylic acids is 1. The number of fused-ring (bicyclic) bond motifs is 2. The van der Waals surface area contributed by atoms with E-state index in [1.165, 1.54) is 12.4 Å². The first kappa shape index (κ1) is 23.1. The zero-order valence-corrected chi connectivity index (χ0v) is 20.8. The van der Waals surface area contributed by atoms with Crippen LogP contribution in [0.15, 0.2) is 59.5 Å². The minimum atomic E-state index is -0.200. The van der Waals surface area contributed by atoms with Gasteiger partial charge in [0.15, 0.2) is 18.6 Å². The molecule has 0 N–H and O–H groups in total. The Hall–Kier alpha value is -2.68. The van der Waals surface area contributed by atoms with Crippen LogP contribution in [-0.2, 0) is 24.1 Å². The van der Waals surface area contributed by atoms with Crippen molar-refractivity contribution in [2.24, 2.45) is 0 Å². The largest absolute Gasteiger partial charge is 0.619 e. The van der Waals surface area contributed by atoms with Gasteiger partial charge in [-0.05, 0) is 63.7 Å². The van der Waals surface area contributed by atoms with Crippen molar-refractivity contribution in [3.05, 3.63) is 103 Å². The normalized spacial score (nSPS) is 18.2. The molecule has 0 bridgehead atoms. The lowest BCUT2D eigenvalue weighted by atomic mass is 9.96. The van der Waals surface area contributed by atoms with Crippen LogP contribution in [0.2, 0.25) is 5.02 Å².